The fourth-order valence-electron chi connectivity index (χ4n) is 3.30. The van der Waals surface area contributed by atoms with Crippen LogP contribution >= 0.6 is 0 Å². The second-order valence-corrected chi connectivity index (χ2v) is 6.83. The summed E-state index contributed by atoms with van der Waals surface area (Å²) in [4.78, 5) is 30.5. The Morgan fingerprint density at radius 1 is 1.11 bits per heavy atom. The van der Waals surface area contributed by atoms with Crippen LogP contribution in [0.15, 0.2) is 48.8 Å². The topological polar surface area (TPSA) is 63.9 Å². The molecule has 0 atom stereocenters. The number of ether oxygens (including phenoxy) is 1. The van der Waals surface area contributed by atoms with Crippen LogP contribution in [0.3, 0.4) is 0 Å². The predicted octanol–water partition coefficient (Wildman–Crippen LogP) is 3.52. The highest BCUT2D eigenvalue weighted by molar-refractivity contribution is 5.95. The Labute approximate surface area is 157 Å². The first kappa shape index (κ1) is 17.3. The van der Waals surface area contributed by atoms with Crippen LogP contribution < -0.4 is 4.90 Å². The van der Waals surface area contributed by atoms with Crippen LogP contribution in [0, 0.1) is 6.92 Å². The van der Waals surface area contributed by atoms with Gasteiger partial charge in [-0.2, -0.15) is 0 Å². The molecule has 1 aliphatic heterocycles. The third-order valence-corrected chi connectivity index (χ3v) is 4.74. The zero-order chi connectivity index (χ0) is 18.8. The third-order valence-electron chi connectivity index (χ3n) is 4.74. The number of pyridine rings is 1. The zero-order valence-electron chi connectivity index (χ0n) is 15.2. The number of amides is 1. The number of carbonyl (C=O) groups excluding carboxylic acids is 2. The highest BCUT2D eigenvalue weighted by Crippen LogP contribution is 2.21. The molecule has 0 unspecified atom stereocenters. The van der Waals surface area contributed by atoms with Gasteiger partial charge in [-0.05, 0) is 55.7 Å². The molecule has 0 N–H and O–H groups in total. The molecule has 0 spiro atoms. The van der Waals surface area contributed by atoms with Gasteiger partial charge < -0.3 is 14.0 Å². The van der Waals surface area contributed by atoms with Gasteiger partial charge in [0.15, 0.2) is 0 Å². The van der Waals surface area contributed by atoms with Crippen LogP contribution in [0.1, 0.15) is 40.9 Å². The molecular weight excluding hydrogens is 342 g/mol. The van der Waals surface area contributed by atoms with Gasteiger partial charge in [0.1, 0.15) is 12.3 Å². The van der Waals surface area contributed by atoms with Gasteiger partial charge >= 0.3 is 5.97 Å². The van der Waals surface area contributed by atoms with Gasteiger partial charge in [-0.25, -0.2) is 9.78 Å². The lowest BCUT2D eigenvalue weighted by Crippen LogP contribution is -2.35. The Morgan fingerprint density at radius 2 is 1.93 bits per heavy atom. The monoisotopic (exact) mass is 363 g/mol. The third kappa shape index (κ3) is 3.69. The summed E-state index contributed by atoms with van der Waals surface area (Å²) in [5.74, 6) is -0.265. The van der Waals surface area contributed by atoms with Crippen LogP contribution in [0.5, 0.6) is 0 Å². The largest absolute Gasteiger partial charge is 0.456 e. The second-order valence-electron chi connectivity index (χ2n) is 6.83. The first-order valence-corrected chi connectivity index (χ1v) is 9.12. The van der Waals surface area contributed by atoms with Gasteiger partial charge in [0.05, 0.1) is 11.3 Å². The Balaban J connectivity index is 1.41. The van der Waals surface area contributed by atoms with E-state index in [9.17, 15) is 9.59 Å². The normalized spacial score (nSPS) is 14.6. The minimum absolute atomic E-state index is 0.117. The standard InChI is InChI=1S/C21H21N3O3/c1-15-5-10-19-22-17(13-23(19)12-15)14-27-21(26)16-6-8-18(9-7-16)24-11-3-2-4-20(24)25/h5-10,12-13H,2-4,11,14H2,1H3. The molecule has 27 heavy (non-hydrogen) atoms. The number of nitrogens with zero attached hydrogens (tertiary/aromatic N) is 3. The van der Waals surface area contributed by atoms with Crippen molar-refractivity contribution in [3.63, 3.8) is 0 Å². The van der Waals surface area contributed by atoms with E-state index < -0.39 is 5.97 Å². The molecular formula is C21H21N3O3. The number of imidazole rings is 1. The summed E-state index contributed by atoms with van der Waals surface area (Å²) in [5.41, 5.74) is 3.94. The van der Waals surface area contributed by atoms with E-state index >= 15 is 0 Å². The van der Waals surface area contributed by atoms with E-state index in [1.807, 2.05) is 35.9 Å². The van der Waals surface area contributed by atoms with Gasteiger partial charge in [0.2, 0.25) is 5.91 Å². The fourth-order valence-corrected chi connectivity index (χ4v) is 3.30. The summed E-state index contributed by atoms with van der Waals surface area (Å²) in [6.07, 6.45) is 6.38. The van der Waals surface area contributed by atoms with E-state index in [0.29, 0.717) is 17.7 Å². The Hall–Kier alpha value is -3.15. The number of benzene rings is 1. The maximum absolute atomic E-state index is 12.3. The lowest BCUT2D eigenvalue weighted by atomic mass is 10.1. The molecule has 1 fully saturated rings. The molecule has 6 nitrogen and oxygen atoms in total. The Morgan fingerprint density at radius 3 is 2.70 bits per heavy atom. The lowest BCUT2D eigenvalue weighted by molar-refractivity contribution is -0.119. The Bertz CT molecular complexity index is 992. The number of hydrogen-bond donors (Lipinski definition) is 0. The molecule has 1 amide bonds. The van der Waals surface area contributed by atoms with Crippen molar-refractivity contribution < 1.29 is 14.3 Å². The first-order chi connectivity index (χ1) is 13.1. The molecule has 0 saturated carbocycles. The summed E-state index contributed by atoms with van der Waals surface area (Å²) < 4.78 is 7.30. The quantitative estimate of drug-likeness (QED) is 0.666. The number of rotatable bonds is 4. The molecule has 0 radical (unpaired) electrons. The van der Waals surface area contributed by atoms with E-state index in [2.05, 4.69) is 4.98 Å². The number of anilines is 1. The molecule has 1 aromatic carbocycles. The summed E-state index contributed by atoms with van der Waals surface area (Å²) in [7, 11) is 0. The van der Waals surface area contributed by atoms with Gasteiger partial charge in [-0.1, -0.05) is 6.07 Å². The molecule has 3 aromatic rings. The molecule has 6 heteroatoms. The molecule has 0 bridgehead atoms. The van der Waals surface area contributed by atoms with E-state index in [1.165, 1.54) is 0 Å². The van der Waals surface area contributed by atoms with E-state index in [4.69, 9.17) is 4.74 Å². The van der Waals surface area contributed by atoms with Crippen LogP contribution in [0.25, 0.3) is 5.65 Å². The van der Waals surface area contributed by atoms with Gasteiger partial charge in [-0.3, -0.25) is 4.79 Å². The average Bonchev–Trinajstić information content (AvgIpc) is 3.08. The van der Waals surface area contributed by atoms with E-state index in [1.54, 1.807) is 29.2 Å². The average molecular weight is 363 g/mol. The fraction of sp³-hybridized carbons (Fsp3) is 0.286. The highest BCUT2D eigenvalue weighted by atomic mass is 16.5. The van der Waals surface area contributed by atoms with Gasteiger partial charge in [-0.15, -0.1) is 0 Å². The first-order valence-electron chi connectivity index (χ1n) is 9.12. The van der Waals surface area contributed by atoms with Crippen molar-refractivity contribution >= 4 is 23.2 Å². The molecule has 138 valence electrons. The molecule has 4 rings (SSSR count). The number of aromatic nitrogens is 2. The van der Waals surface area contributed by atoms with E-state index in [0.717, 1.165) is 36.3 Å². The van der Waals surface area contributed by atoms with Crippen molar-refractivity contribution in [2.45, 2.75) is 32.8 Å². The zero-order valence-corrected chi connectivity index (χ0v) is 15.2. The Kier molecular flexibility index (Phi) is 4.62. The van der Waals surface area contributed by atoms with Crippen molar-refractivity contribution in [3.8, 4) is 0 Å². The molecule has 3 heterocycles. The molecule has 1 aliphatic rings. The van der Waals surface area contributed by atoms with Crippen molar-refractivity contribution in [1.29, 1.82) is 0 Å². The summed E-state index contributed by atoms with van der Waals surface area (Å²) >= 11 is 0. The summed E-state index contributed by atoms with van der Waals surface area (Å²) in [6.45, 7) is 2.86. The SMILES string of the molecule is Cc1ccc2nc(COC(=O)c3ccc(N4CCCCC4=O)cc3)cn2c1. The van der Waals surface area contributed by atoms with Crippen LogP contribution in [0.2, 0.25) is 0 Å². The predicted molar refractivity (Wildman–Crippen MR) is 102 cm³/mol. The summed E-state index contributed by atoms with van der Waals surface area (Å²) in [5, 5.41) is 0. The minimum Gasteiger partial charge on any atom is -0.456 e. The van der Waals surface area contributed by atoms with Crippen molar-refractivity contribution in [2.75, 3.05) is 11.4 Å². The van der Waals surface area contributed by atoms with Crippen LogP contribution in [-0.4, -0.2) is 27.8 Å². The lowest BCUT2D eigenvalue weighted by Gasteiger charge is -2.26. The number of aryl methyl sites for hydroxylation is 1. The molecule has 1 saturated heterocycles. The smallest absolute Gasteiger partial charge is 0.338 e. The van der Waals surface area contributed by atoms with E-state index in [-0.39, 0.29) is 12.5 Å². The molecule has 0 aliphatic carbocycles. The van der Waals surface area contributed by atoms with Gasteiger partial charge in [0.25, 0.3) is 0 Å². The van der Waals surface area contributed by atoms with Crippen LogP contribution in [-0.2, 0) is 16.1 Å². The second kappa shape index (κ2) is 7.23. The number of fused-ring (bicyclic) bond motifs is 1. The maximum atomic E-state index is 12.3. The van der Waals surface area contributed by atoms with Crippen molar-refractivity contribution in [3.05, 3.63) is 65.6 Å². The number of piperidine rings is 1. The molecule has 2 aromatic heterocycles. The van der Waals surface area contributed by atoms with Gasteiger partial charge in [0, 0.05) is 31.0 Å². The summed E-state index contributed by atoms with van der Waals surface area (Å²) in [6, 6.07) is 10.9. The number of esters is 1. The van der Waals surface area contributed by atoms with Crippen molar-refractivity contribution in [2.24, 2.45) is 0 Å². The van der Waals surface area contributed by atoms with Crippen LogP contribution in [0.4, 0.5) is 5.69 Å². The highest BCUT2D eigenvalue weighted by Gasteiger charge is 2.20. The van der Waals surface area contributed by atoms with Crippen molar-refractivity contribution in [1.82, 2.24) is 9.38 Å². The maximum Gasteiger partial charge on any atom is 0.338 e. The number of carbonyl (C=O) groups is 2. The number of hydrogen-bond acceptors (Lipinski definition) is 4. The minimum atomic E-state index is -0.403.